The van der Waals surface area contributed by atoms with E-state index in [1.165, 1.54) is 24.6 Å². The van der Waals surface area contributed by atoms with Crippen LogP contribution in [0.1, 0.15) is 25.7 Å². The van der Waals surface area contributed by atoms with Gasteiger partial charge in [-0.2, -0.15) is 0 Å². The highest BCUT2D eigenvalue weighted by Gasteiger charge is 2.16. The molecule has 2 amide bonds. The molecule has 7 heteroatoms. The summed E-state index contributed by atoms with van der Waals surface area (Å²) in [5.41, 5.74) is 1.45. The Morgan fingerprint density at radius 1 is 0.964 bits per heavy atom. The average molecular weight is 463 g/mol. The van der Waals surface area contributed by atoms with Crippen LogP contribution in [0.4, 0.5) is 11.4 Å². The van der Waals surface area contributed by atoms with Crippen LogP contribution >= 0.6 is 27.7 Å². The first-order valence-corrected chi connectivity index (χ1v) is 11.2. The fourth-order valence-corrected chi connectivity index (χ4v) is 4.03. The molecule has 2 aromatic rings. The normalized spacial score (nSPS) is 13.9. The number of nitrogens with one attached hydrogen (secondary N) is 2. The number of benzene rings is 2. The predicted molar refractivity (Wildman–Crippen MR) is 118 cm³/mol. The molecule has 28 heavy (non-hydrogen) atoms. The molecule has 0 bridgehead atoms. The van der Waals surface area contributed by atoms with Crippen LogP contribution in [0.15, 0.2) is 53.0 Å². The van der Waals surface area contributed by atoms with Crippen LogP contribution in [0.2, 0.25) is 0 Å². The van der Waals surface area contributed by atoms with Crippen molar-refractivity contribution in [3.8, 4) is 5.75 Å². The molecule has 0 atom stereocenters. The number of carbonyl (C=O) groups excluding carboxylic acids is 2. The second-order valence-electron chi connectivity index (χ2n) is 6.65. The number of carbonyl (C=O) groups is 2. The summed E-state index contributed by atoms with van der Waals surface area (Å²) >= 11 is 4.64. The van der Waals surface area contributed by atoms with Crippen molar-refractivity contribution in [1.82, 2.24) is 0 Å². The number of hydrogen-bond donors (Lipinski definition) is 2. The maximum absolute atomic E-state index is 12.1. The first-order valence-electron chi connectivity index (χ1n) is 9.28. The highest BCUT2D eigenvalue weighted by atomic mass is 79.9. The molecule has 0 aliphatic heterocycles. The molecule has 0 unspecified atom stereocenters. The van der Waals surface area contributed by atoms with E-state index in [-0.39, 0.29) is 23.3 Å². The monoisotopic (exact) mass is 462 g/mol. The summed E-state index contributed by atoms with van der Waals surface area (Å²) in [5.74, 6) is 0.998. The summed E-state index contributed by atoms with van der Waals surface area (Å²) in [6.45, 7) is 0. The lowest BCUT2D eigenvalue weighted by Gasteiger charge is -2.13. The quantitative estimate of drug-likeness (QED) is 0.573. The van der Waals surface area contributed by atoms with E-state index < -0.39 is 0 Å². The number of rotatable bonds is 8. The lowest BCUT2D eigenvalue weighted by atomic mass is 10.2. The molecule has 0 heterocycles. The SMILES string of the molecule is O=C(CSCC(=O)Nc1cccc(Br)c1)Nc1ccc(OC2CCCC2)cc1. The molecule has 2 aromatic carbocycles. The van der Waals surface area contributed by atoms with Crippen molar-refractivity contribution in [1.29, 1.82) is 0 Å². The van der Waals surface area contributed by atoms with Crippen LogP contribution in [0.25, 0.3) is 0 Å². The Labute approximate surface area is 177 Å². The summed E-state index contributed by atoms with van der Waals surface area (Å²) in [6.07, 6.45) is 5.02. The third-order valence-corrected chi connectivity index (χ3v) is 5.74. The minimum absolute atomic E-state index is 0.135. The van der Waals surface area contributed by atoms with Crippen LogP contribution in [0, 0.1) is 0 Å². The van der Waals surface area contributed by atoms with Gasteiger partial charge in [0.2, 0.25) is 11.8 Å². The van der Waals surface area contributed by atoms with Gasteiger partial charge in [-0.25, -0.2) is 0 Å². The molecular weight excluding hydrogens is 440 g/mol. The summed E-state index contributed by atoms with van der Waals surface area (Å²) in [7, 11) is 0. The predicted octanol–water partition coefficient (Wildman–Crippen LogP) is 5.08. The first-order chi connectivity index (χ1) is 13.6. The molecule has 1 saturated carbocycles. The van der Waals surface area contributed by atoms with E-state index >= 15 is 0 Å². The summed E-state index contributed by atoms with van der Waals surface area (Å²) < 4.78 is 6.82. The van der Waals surface area contributed by atoms with Crippen molar-refractivity contribution >= 4 is 50.9 Å². The Hall–Kier alpha value is -1.99. The highest BCUT2D eigenvalue weighted by Crippen LogP contribution is 2.25. The number of halogens is 1. The fraction of sp³-hybridized carbons (Fsp3) is 0.333. The summed E-state index contributed by atoms with van der Waals surface area (Å²) in [6, 6.07) is 14.8. The maximum atomic E-state index is 12.1. The highest BCUT2D eigenvalue weighted by molar-refractivity contribution is 9.10. The zero-order valence-electron chi connectivity index (χ0n) is 15.4. The number of amides is 2. The van der Waals surface area contributed by atoms with Crippen LogP contribution < -0.4 is 15.4 Å². The van der Waals surface area contributed by atoms with Crippen molar-refractivity contribution in [2.45, 2.75) is 31.8 Å². The van der Waals surface area contributed by atoms with Crippen molar-refractivity contribution in [3.05, 3.63) is 53.0 Å². The second-order valence-corrected chi connectivity index (χ2v) is 8.55. The lowest BCUT2D eigenvalue weighted by Crippen LogP contribution is -2.18. The fourth-order valence-electron chi connectivity index (χ4n) is 3.01. The van der Waals surface area contributed by atoms with Gasteiger partial charge in [0, 0.05) is 15.8 Å². The Kier molecular flexibility index (Phi) is 7.80. The lowest BCUT2D eigenvalue weighted by molar-refractivity contribution is -0.114. The summed E-state index contributed by atoms with van der Waals surface area (Å²) in [5, 5.41) is 5.65. The first kappa shape index (κ1) is 20.7. The van der Waals surface area contributed by atoms with Gasteiger partial charge in [0.15, 0.2) is 0 Å². The Balaban J connectivity index is 1.36. The van der Waals surface area contributed by atoms with Crippen LogP contribution in [-0.2, 0) is 9.59 Å². The van der Waals surface area contributed by atoms with Crippen molar-refractivity contribution < 1.29 is 14.3 Å². The standard InChI is InChI=1S/C21H23BrN2O3S/c22-15-4-3-5-17(12-15)24-21(26)14-28-13-20(25)23-16-8-10-19(11-9-16)27-18-6-1-2-7-18/h3-5,8-12,18H,1-2,6-7,13-14H2,(H,23,25)(H,24,26). The van der Waals surface area contributed by atoms with E-state index in [9.17, 15) is 9.59 Å². The van der Waals surface area contributed by atoms with E-state index in [1.807, 2.05) is 48.5 Å². The Morgan fingerprint density at radius 2 is 1.61 bits per heavy atom. The van der Waals surface area contributed by atoms with E-state index in [2.05, 4.69) is 26.6 Å². The molecular formula is C21H23BrN2O3S. The number of anilines is 2. The molecule has 5 nitrogen and oxygen atoms in total. The Bertz CT molecular complexity index is 808. The van der Waals surface area contributed by atoms with Gasteiger partial charge in [-0.1, -0.05) is 22.0 Å². The van der Waals surface area contributed by atoms with Gasteiger partial charge in [-0.3, -0.25) is 9.59 Å². The molecule has 0 aromatic heterocycles. The second kappa shape index (κ2) is 10.5. The smallest absolute Gasteiger partial charge is 0.234 e. The van der Waals surface area contributed by atoms with Crippen molar-refractivity contribution in [2.24, 2.45) is 0 Å². The number of hydrogen-bond acceptors (Lipinski definition) is 4. The molecule has 0 spiro atoms. The van der Waals surface area contributed by atoms with Crippen LogP contribution in [0.3, 0.4) is 0 Å². The molecule has 0 saturated heterocycles. The van der Waals surface area contributed by atoms with E-state index in [0.29, 0.717) is 6.10 Å². The van der Waals surface area contributed by atoms with Gasteiger partial charge >= 0.3 is 0 Å². The molecule has 3 rings (SSSR count). The number of ether oxygens (including phenoxy) is 1. The van der Waals surface area contributed by atoms with Gasteiger partial charge in [-0.15, -0.1) is 11.8 Å². The zero-order chi connectivity index (χ0) is 19.8. The molecule has 1 fully saturated rings. The molecule has 148 valence electrons. The molecule has 0 radical (unpaired) electrons. The van der Waals surface area contributed by atoms with Gasteiger partial charge < -0.3 is 15.4 Å². The molecule has 1 aliphatic rings. The van der Waals surface area contributed by atoms with E-state index in [4.69, 9.17) is 4.74 Å². The van der Waals surface area contributed by atoms with Crippen LogP contribution in [0.5, 0.6) is 5.75 Å². The van der Waals surface area contributed by atoms with E-state index in [0.717, 1.165) is 34.4 Å². The van der Waals surface area contributed by atoms with Crippen molar-refractivity contribution in [3.63, 3.8) is 0 Å². The third-order valence-electron chi connectivity index (χ3n) is 4.32. The van der Waals surface area contributed by atoms with Crippen molar-refractivity contribution in [2.75, 3.05) is 22.1 Å². The van der Waals surface area contributed by atoms with Crippen LogP contribution in [-0.4, -0.2) is 29.4 Å². The van der Waals surface area contributed by atoms with Gasteiger partial charge in [0.05, 0.1) is 17.6 Å². The third kappa shape index (κ3) is 6.87. The zero-order valence-corrected chi connectivity index (χ0v) is 17.9. The largest absolute Gasteiger partial charge is 0.490 e. The maximum Gasteiger partial charge on any atom is 0.234 e. The molecule has 2 N–H and O–H groups in total. The minimum atomic E-state index is -0.135. The van der Waals surface area contributed by atoms with E-state index in [1.54, 1.807) is 0 Å². The molecule has 1 aliphatic carbocycles. The van der Waals surface area contributed by atoms with Gasteiger partial charge in [-0.05, 0) is 68.1 Å². The number of thioether (sulfide) groups is 1. The topological polar surface area (TPSA) is 67.4 Å². The Morgan fingerprint density at radius 3 is 2.25 bits per heavy atom. The van der Waals surface area contributed by atoms with Gasteiger partial charge in [0.1, 0.15) is 5.75 Å². The summed E-state index contributed by atoms with van der Waals surface area (Å²) in [4.78, 5) is 24.0. The average Bonchev–Trinajstić information content (AvgIpc) is 3.16. The van der Waals surface area contributed by atoms with Gasteiger partial charge in [0.25, 0.3) is 0 Å². The minimum Gasteiger partial charge on any atom is -0.490 e.